The van der Waals surface area contributed by atoms with Crippen LogP contribution < -0.4 is 13.7 Å². The van der Waals surface area contributed by atoms with Gasteiger partial charge in [-0.3, -0.25) is 4.79 Å². The fraction of sp³-hybridized carbons (Fsp3) is 0.269. The molecule has 35 heavy (non-hydrogen) atoms. The fourth-order valence-electron chi connectivity index (χ4n) is 3.47. The number of carbonyl (C=O) groups excluding carboxylic acids is 1. The van der Waals surface area contributed by atoms with Gasteiger partial charge in [0.05, 0.1) is 14.2 Å². The van der Waals surface area contributed by atoms with Crippen molar-refractivity contribution in [1.82, 2.24) is 4.90 Å². The van der Waals surface area contributed by atoms with Gasteiger partial charge in [-0.1, -0.05) is 26.0 Å². The van der Waals surface area contributed by atoms with Crippen LogP contribution in [0.2, 0.25) is 0 Å². The van der Waals surface area contributed by atoms with Crippen LogP contribution in [0.3, 0.4) is 0 Å². The van der Waals surface area contributed by atoms with Gasteiger partial charge in [0.1, 0.15) is 16.5 Å². The SMILES string of the molecule is COc1cccc(C(=O)N(Cc2ccc(OC)c(OS(=O)(=O)c3ccc(F)cc3)c2)CC(C)C)c1. The number of halogens is 1. The maximum absolute atomic E-state index is 13.3. The Labute approximate surface area is 205 Å². The molecule has 0 radical (unpaired) electrons. The molecule has 0 aliphatic rings. The minimum atomic E-state index is -4.24. The quantitative estimate of drug-likeness (QED) is 0.367. The third-order valence-corrected chi connectivity index (χ3v) is 6.34. The molecule has 186 valence electrons. The van der Waals surface area contributed by atoms with Gasteiger partial charge in [-0.2, -0.15) is 8.42 Å². The average molecular weight is 502 g/mol. The third-order valence-electron chi connectivity index (χ3n) is 5.09. The average Bonchev–Trinajstić information content (AvgIpc) is 2.83. The molecule has 0 heterocycles. The van der Waals surface area contributed by atoms with Crippen LogP contribution in [0.25, 0.3) is 0 Å². The van der Waals surface area contributed by atoms with E-state index < -0.39 is 15.9 Å². The van der Waals surface area contributed by atoms with Crippen LogP contribution in [-0.4, -0.2) is 40.0 Å². The van der Waals surface area contributed by atoms with Crippen LogP contribution >= 0.6 is 0 Å². The van der Waals surface area contributed by atoms with E-state index in [0.29, 0.717) is 23.4 Å². The predicted octanol–water partition coefficient (Wildman–Crippen LogP) is 4.91. The van der Waals surface area contributed by atoms with Crippen molar-refractivity contribution in [2.75, 3.05) is 20.8 Å². The molecule has 0 spiro atoms. The Morgan fingerprint density at radius 1 is 0.943 bits per heavy atom. The normalized spacial score (nSPS) is 11.3. The fourth-order valence-corrected chi connectivity index (χ4v) is 4.40. The highest BCUT2D eigenvalue weighted by Crippen LogP contribution is 2.31. The largest absolute Gasteiger partial charge is 0.497 e. The van der Waals surface area contributed by atoms with E-state index in [9.17, 15) is 17.6 Å². The molecule has 3 aromatic carbocycles. The Hall–Kier alpha value is -3.59. The molecular weight excluding hydrogens is 473 g/mol. The highest BCUT2D eigenvalue weighted by atomic mass is 32.2. The molecule has 1 amide bonds. The minimum Gasteiger partial charge on any atom is -0.497 e. The zero-order chi connectivity index (χ0) is 25.6. The standard InChI is InChI=1S/C26H28FNO6S/c1-18(2)16-28(26(29)20-6-5-7-22(15-20)32-3)17-19-8-13-24(33-4)25(14-19)34-35(30,31)23-11-9-21(27)10-12-23/h5-15,18H,16-17H2,1-4H3. The number of hydrogen-bond donors (Lipinski definition) is 0. The summed E-state index contributed by atoms with van der Waals surface area (Å²) in [6, 6.07) is 16.1. The first-order valence-corrected chi connectivity index (χ1v) is 12.3. The molecule has 0 bridgehead atoms. The van der Waals surface area contributed by atoms with Gasteiger partial charge < -0.3 is 18.6 Å². The number of amides is 1. The molecule has 7 nitrogen and oxygen atoms in total. The van der Waals surface area contributed by atoms with Gasteiger partial charge in [-0.25, -0.2) is 4.39 Å². The Balaban J connectivity index is 1.90. The van der Waals surface area contributed by atoms with E-state index in [-0.39, 0.29) is 34.8 Å². The van der Waals surface area contributed by atoms with Crippen molar-refractivity contribution in [2.24, 2.45) is 5.92 Å². The lowest BCUT2D eigenvalue weighted by atomic mass is 10.1. The molecule has 3 aromatic rings. The smallest absolute Gasteiger partial charge is 0.339 e. The minimum absolute atomic E-state index is 0.0346. The summed E-state index contributed by atoms with van der Waals surface area (Å²) in [5.41, 5.74) is 1.13. The zero-order valence-corrected chi connectivity index (χ0v) is 20.8. The number of methoxy groups -OCH3 is 2. The number of rotatable bonds is 10. The summed E-state index contributed by atoms with van der Waals surface area (Å²) < 4.78 is 54.5. The number of ether oxygens (including phenoxy) is 2. The van der Waals surface area contributed by atoms with Crippen molar-refractivity contribution < 1.29 is 31.3 Å². The van der Waals surface area contributed by atoms with Crippen LogP contribution in [0.4, 0.5) is 4.39 Å². The Kier molecular flexibility index (Phi) is 8.34. The van der Waals surface area contributed by atoms with E-state index in [1.165, 1.54) is 20.3 Å². The molecule has 0 unspecified atom stereocenters. The first-order valence-electron chi connectivity index (χ1n) is 10.9. The summed E-state index contributed by atoms with van der Waals surface area (Å²) in [5.74, 6) is 0.190. The first kappa shape index (κ1) is 26.0. The zero-order valence-electron chi connectivity index (χ0n) is 20.0. The highest BCUT2D eigenvalue weighted by Gasteiger charge is 2.22. The second kappa shape index (κ2) is 11.2. The maximum Gasteiger partial charge on any atom is 0.339 e. The summed E-state index contributed by atoms with van der Waals surface area (Å²) in [7, 11) is -1.31. The highest BCUT2D eigenvalue weighted by molar-refractivity contribution is 7.87. The van der Waals surface area contributed by atoms with Gasteiger partial charge in [0, 0.05) is 18.7 Å². The summed E-state index contributed by atoms with van der Waals surface area (Å²) in [5, 5.41) is 0. The van der Waals surface area contributed by atoms with Crippen molar-refractivity contribution in [3.63, 3.8) is 0 Å². The number of nitrogens with zero attached hydrogens (tertiary/aromatic N) is 1. The van der Waals surface area contributed by atoms with E-state index in [0.717, 1.165) is 24.3 Å². The van der Waals surface area contributed by atoms with Crippen molar-refractivity contribution in [1.29, 1.82) is 0 Å². The third kappa shape index (κ3) is 6.73. The molecule has 0 fully saturated rings. The summed E-state index contributed by atoms with van der Waals surface area (Å²) in [6.07, 6.45) is 0. The maximum atomic E-state index is 13.3. The molecule has 3 rings (SSSR count). The van der Waals surface area contributed by atoms with Gasteiger partial charge in [0.2, 0.25) is 0 Å². The lowest BCUT2D eigenvalue weighted by Crippen LogP contribution is -2.33. The molecule has 0 aliphatic carbocycles. The lowest BCUT2D eigenvalue weighted by Gasteiger charge is -2.25. The topological polar surface area (TPSA) is 82.1 Å². The summed E-state index contributed by atoms with van der Waals surface area (Å²) in [4.78, 5) is 14.8. The Morgan fingerprint density at radius 2 is 1.66 bits per heavy atom. The molecule has 0 aromatic heterocycles. The van der Waals surface area contributed by atoms with E-state index in [1.807, 2.05) is 13.8 Å². The summed E-state index contributed by atoms with van der Waals surface area (Å²) in [6.45, 7) is 4.70. The van der Waals surface area contributed by atoms with Gasteiger partial charge >= 0.3 is 10.1 Å². The van der Waals surface area contributed by atoms with Crippen molar-refractivity contribution in [2.45, 2.75) is 25.3 Å². The van der Waals surface area contributed by atoms with Crippen LogP contribution in [0, 0.1) is 11.7 Å². The van der Waals surface area contributed by atoms with Gasteiger partial charge in [-0.15, -0.1) is 0 Å². The monoisotopic (exact) mass is 501 g/mol. The summed E-state index contributed by atoms with van der Waals surface area (Å²) >= 11 is 0. The molecule has 0 N–H and O–H groups in total. The number of carbonyl (C=O) groups is 1. The van der Waals surface area contributed by atoms with E-state index in [4.69, 9.17) is 13.7 Å². The molecule has 0 saturated heterocycles. The molecule has 0 atom stereocenters. The van der Waals surface area contributed by atoms with E-state index in [2.05, 4.69) is 0 Å². The van der Waals surface area contributed by atoms with Crippen molar-refractivity contribution in [3.05, 3.63) is 83.7 Å². The lowest BCUT2D eigenvalue weighted by molar-refractivity contribution is 0.0722. The van der Waals surface area contributed by atoms with Crippen LogP contribution in [-0.2, 0) is 16.7 Å². The number of benzene rings is 3. The van der Waals surface area contributed by atoms with Crippen molar-refractivity contribution >= 4 is 16.0 Å². The molecule has 9 heteroatoms. The van der Waals surface area contributed by atoms with Crippen LogP contribution in [0.1, 0.15) is 29.8 Å². The Bertz CT molecular complexity index is 1280. The van der Waals surface area contributed by atoms with Crippen molar-refractivity contribution in [3.8, 4) is 17.2 Å². The number of hydrogen-bond acceptors (Lipinski definition) is 6. The molecule has 0 aliphatic heterocycles. The molecule has 0 saturated carbocycles. The van der Waals surface area contributed by atoms with Gasteiger partial charge in [0.25, 0.3) is 5.91 Å². The second-order valence-electron chi connectivity index (χ2n) is 8.29. The van der Waals surface area contributed by atoms with Crippen LogP contribution in [0.5, 0.6) is 17.2 Å². The van der Waals surface area contributed by atoms with Crippen LogP contribution in [0.15, 0.2) is 71.6 Å². The van der Waals surface area contributed by atoms with Gasteiger partial charge in [0.15, 0.2) is 11.5 Å². The molecular formula is C26H28FNO6S. The second-order valence-corrected chi connectivity index (χ2v) is 9.83. The predicted molar refractivity (Wildman–Crippen MR) is 130 cm³/mol. The Morgan fingerprint density at radius 3 is 2.29 bits per heavy atom. The first-order chi connectivity index (χ1) is 16.6. The van der Waals surface area contributed by atoms with E-state index >= 15 is 0 Å². The van der Waals surface area contributed by atoms with Gasteiger partial charge in [-0.05, 0) is 66.1 Å². The van der Waals surface area contributed by atoms with E-state index in [1.54, 1.807) is 41.3 Å².